The summed E-state index contributed by atoms with van der Waals surface area (Å²) in [5, 5.41) is 0. The highest BCUT2D eigenvalue weighted by Gasteiger charge is 2.30. The van der Waals surface area contributed by atoms with Gasteiger partial charge in [-0.2, -0.15) is 13.2 Å². The molecule has 0 fully saturated rings. The van der Waals surface area contributed by atoms with Gasteiger partial charge in [0.25, 0.3) is 5.56 Å². The minimum absolute atomic E-state index is 0.0601. The molecule has 2 N–H and O–H groups in total. The highest BCUT2D eigenvalue weighted by atomic mass is 19.4. The van der Waals surface area contributed by atoms with E-state index in [-0.39, 0.29) is 17.9 Å². The lowest BCUT2D eigenvalue weighted by atomic mass is 10.0. The maximum atomic E-state index is 12.8. The molecule has 0 aliphatic heterocycles. The summed E-state index contributed by atoms with van der Waals surface area (Å²) in [5.74, 6) is 0.146. The van der Waals surface area contributed by atoms with Crippen molar-refractivity contribution < 1.29 is 22.7 Å². The minimum Gasteiger partial charge on any atom is -0.457 e. The molecular weight excluding hydrogens is 435 g/mol. The summed E-state index contributed by atoms with van der Waals surface area (Å²) in [5.41, 5.74) is 7.94. The van der Waals surface area contributed by atoms with Crippen molar-refractivity contribution in [2.75, 3.05) is 0 Å². The van der Waals surface area contributed by atoms with Gasteiger partial charge in [-0.05, 0) is 60.5 Å². The Morgan fingerprint density at radius 3 is 2.36 bits per heavy atom. The molecule has 4 rings (SSSR count). The first-order valence-electron chi connectivity index (χ1n) is 9.97. The molecule has 2 aromatic carbocycles. The molecule has 4 aromatic rings. The number of benzene rings is 2. The highest BCUT2D eigenvalue weighted by molar-refractivity contribution is 5.94. The molecule has 9 heteroatoms. The number of fused-ring (bicyclic) bond motifs is 1. The van der Waals surface area contributed by atoms with Gasteiger partial charge in [-0.25, -0.2) is 0 Å². The summed E-state index contributed by atoms with van der Waals surface area (Å²) < 4.78 is 47.4. The van der Waals surface area contributed by atoms with Crippen molar-refractivity contribution in [1.29, 1.82) is 0 Å². The van der Waals surface area contributed by atoms with E-state index in [1.807, 2.05) is 13.0 Å². The molecule has 0 atom stereocenters. The zero-order valence-corrected chi connectivity index (χ0v) is 17.8. The van der Waals surface area contributed by atoms with Crippen LogP contribution in [-0.4, -0.2) is 15.0 Å². The van der Waals surface area contributed by atoms with Gasteiger partial charge in [0.1, 0.15) is 18.0 Å². The third kappa shape index (κ3) is 4.48. The molecule has 33 heavy (non-hydrogen) atoms. The number of carbonyl (C=O) groups is 1. The van der Waals surface area contributed by atoms with Crippen LogP contribution < -0.4 is 16.0 Å². The highest BCUT2D eigenvalue weighted by Crippen LogP contribution is 2.35. The number of amides is 1. The van der Waals surface area contributed by atoms with Crippen molar-refractivity contribution in [3.63, 3.8) is 0 Å². The maximum Gasteiger partial charge on any atom is 0.416 e. The monoisotopic (exact) mass is 455 g/mol. The van der Waals surface area contributed by atoms with E-state index in [2.05, 4.69) is 0 Å². The molecule has 2 heterocycles. The van der Waals surface area contributed by atoms with Gasteiger partial charge in [0.2, 0.25) is 5.91 Å². The molecule has 0 unspecified atom stereocenters. The third-order valence-electron chi connectivity index (χ3n) is 5.25. The fourth-order valence-electron chi connectivity index (χ4n) is 3.78. The second-order valence-corrected chi connectivity index (χ2v) is 7.76. The second kappa shape index (κ2) is 8.16. The Labute approximate surface area is 186 Å². The summed E-state index contributed by atoms with van der Waals surface area (Å²) in [6.07, 6.45) is -2.68. The van der Waals surface area contributed by atoms with Gasteiger partial charge in [0.05, 0.1) is 16.6 Å². The van der Waals surface area contributed by atoms with Gasteiger partial charge in [-0.1, -0.05) is 6.07 Å². The number of hydrogen-bond donors (Lipinski definition) is 1. The lowest BCUT2D eigenvalue weighted by Gasteiger charge is -2.11. The molecular formula is C24H20F3N3O3. The predicted molar refractivity (Wildman–Crippen MR) is 118 cm³/mol. The van der Waals surface area contributed by atoms with Crippen molar-refractivity contribution in [2.45, 2.75) is 19.6 Å². The number of carbonyl (C=O) groups excluding carboxylic acids is 1. The summed E-state index contributed by atoms with van der Waals surface area (Å²) in [4.78, 5) is 23.8. The number of aryl methyl sites for hydroxylation is 2. The Kier molecular flexibility index (Phi) is 5.49. The number of nitrogens with zero attached hydrogens (tertiary/aromatic N) is 2. The van der Waals surface area contributed by atoms with Gasteiger partial charge < -0.3 is 19.6 Å². The Morgan fingerprint density at radius 1 is 1.03 bits per heavy atom. The predicted octanol–water partition coefficient (Wildman–Crippen LogP) is 4.61. The van der Waals surface area contributed by atoms with Gasteiger partial charge in [-0.15, -0.1) is 0 Å². The molecule has 0 aliphatic carbocycles. The number of pyridine rings is 1. The number of primary amides is 1. The zero-order valence-electron chi connectivity index (χ0n) is 17.8. The zero-order chi connectivity index (χ0) is 23.9. The molecule has 0 bridgehead atoms. The first-order chi connectivity index (χ1) is 15.5. The van der Waals surface area contributed by atoms with Crippen LogP contribution in [0.15, 0.2) is 65.6 Å². The van der Waals surface area contributed by atoms with Crippen LogP contribution in [0.25, 0.3) is 22.2 Å². The minimum atomic E-state index is -4.43. The molecule has 0 radical (unpaired) electrons. The number of hydrogen-bond acceptors (Lipinski definition) is 3. The third-order valence-corrected chi connectivity index (χ3v) is 5.25. The molecule has 170 valence electrons. The number of ether oxygens (including phenoxy) is 1. The summed E-state index contributed by atoms with van der Waals surface area (Å²) >= 11 is 0. The Hall–Kier alpha value is -4.01. The maximum absolute atomic E-state index is 12.8. The van der Waals surface area contributed by atoms with Crippen molar-refractivity contribution >= 4 is 16.9 Å². The first kappa shape index (κ1) is 22.2. The van der Waals surface area contributed by atoms with E-state index in [0.717, 1.165) is 17.7 Å². The number of aromatic nitrogens is 2. The van der Waals surface area contributed by atoms with Crippen LogP contribution in [0.3, 0.4) is 0 Å². The standard InChI is InChI=1S/C24H20F3N3O3/c1-14-9-15(11-18(10-14)33-17-5-3-16(4-6-17)24(25,26)27)19-12-30(13-21(28)31)20-7-8-22(32)29(2)23(19)20/h3-12H,13H2,1-2H3,(H2,28,31). The molecule has 0 saturated heterocycles. The molecule has 2 aromatic heterocycles. The van der Waals surface area contributed by atoms with Crippen LogP contribution in [0, 0.1) is 6.92 Å². The van der Waals surface area contributed by atoms with E-state index in [1.54, 1.807) is 36.0 Å². The first-order valence-corrected chi connectivity index (χ1v) is 9.97. The van der Waals surface area contributed by atoms with Crippen LogP contribution in [-0.2, 0) is 24.6 Å². The number of halogens is 3. The summed E-state index contributed by atoms with van der Waals surface area (Å²) in [7, 11) is 1.64. The van der Waals surface area contributed by atoms with Crippen LogP contribution in [0.5, 0.6) is 11.5 Å². The lowest BCUT2D eigenvalue weighted by molar-refractivity contribution is -0.137. The van der Waals surface area contributed by atoms with E-state index >= 15 is 0 Å². The van der Waals surface area contributed by atoms with E-state index in [4.69, 9.17) is 10.5 Å². The normalized spacial score (nSPS) is 11.7. The number of nitrogens with two attached hydrogens (primary N) is 1. The molecule has 0 spiro atoms. The summed E-state index contributed by atoms with van der Waals surface area (Å²) in [6.45, 7) is 1.79. The Bertz CT molecular complexity index is 1420. The van der Waals surface area contributed by atoms with Gasteiger partial charge in [0, 0.05) is 24.9 Å². The fraction of sp³-hybridized carbons (Fsp3) is 0.167. The fourth-order valence-corrected chi connectivity index (χ4v) is 3.78. The number of alkyl halides is 3. The van der Waals surface area contributed by atoms with Crippen molar-refractivity contribution in [2.24, 2.45) is 12.8 Å². The van der Waals surface area contributed by atoms with E-state index in [0.29, 0.717) is 27.9 Å². The van der Waals surface area contributed by atoms with E-state index in [9.17, 15) is 22.8 Å². The molecule has 0 saturated carbocycles. The average molecular weight is 455 g/mol. The van der Waals surface area contributed by atoms with E-state index < -0.39 is 17.6 Å². The van der Waals surface area contributed by atoms with Crippen molar-refractivity contribution in [1.82, 2.24) is 9.13 Å². The van der Waals surface area contributed by atoms with Crippen LogP contribution in [0.2, 0.25) is 0 Å². The van der Waals surface area contributed by atoms with Crippen LogP contribution in [0.1, 0.15) is 11.1 Å². The van der Waals surface area contributed by atoms with Crippen molar-refractivity contribution in [3.05, 3.63) is 82.3 Å². The number of rotatable bonds is 5. The van der Waals surface area contributed by atoms with E-state index in [1.165, 1.54) is 22.8 Å². The summed E-state index contributed by atoms with van der Waals surface area (Å²) in [6, 6.07) is 12.9. The van der Waals surface area contributed by atoms with Gasteiger partial charge in [-0.3, -0.25) is 9.59 Å². The van der Waals surface area contributed by atoms with Crippen molar-refractivity contribution in [3.8, 4) is 22.6 Å². The molecule has 6 nitrogen and oxygen atoms in total. The molecule has 1 amide bonds. The van der Waals surface area contributed by atoms with Crippen LogP contribution >= 0.6 is 0 Å². The molecule has 0 aliphatic rings. The smallest absolute Gasteiger partial charge is 0.416 e. The SMILES string of the molecule is Cc1cc(Oc2ccc(C(F)(F)F)cc2)cc(-c2cn(CC(N)=O)c3ccc(=O)n(C)c23)c1. The van der Waals surface area contributed by atoms with Gasteiger partial charge >= 0.3 is 6.18 Å². The second-order valence-electron chi connectivity index (χ2n) is 7.76. The van der Waals surface area contributed by atoms with Gasteiger partial charge in [0.15, 0.2) is 0 Å². The Morgan fingerprint density at radius 2 is 1.73 bits per heavy atom. The lowest BCUT2D eigenvalue weighted by Crippen LogP contribution is -2.19. The topological polar surface area (TPSA) is 79.2 Å². The van der Waals surface area contributed by atoms with Crippen LogP contribution in [0.4, 0.5) is 13.2 Å². The quantitative estimate of drug-likeness (QED) is 0.477. The Balaban J connectivity index is 1.79. The largest absolute Gasteiger partial charge is 0.457 e. The average Bonchev–Trinajstić information content (AvgIpc) is 3.08.